The maximum atomic E-state index is 12.6. The van der Waals surface area contributed by atoms with Crippen LogP contribution in [0.1, 0.15) is 5.76 Å². The highest BCUT2D eigenvalue weighted by Crippen LogP contribution is 2.27. The average Bonchev–Trinajstić information content (AvgIpc) is 2.64. The number of rotatable bonds is 5. The highest BCUT2D eigenvalue weighted by atomic mass is 32.1. The lowest BCUT2D eigenvalue weighted by Gasteiger charge is -2.24. The molecule has 17 heavy (non-hydrogen) atoms. The molecule has 0 aromatic carbocycles. The number of thiocarbonyl (C=S) groups is 1. The second kappa shape index (κ2) is 5.50. The van der Waals surface area contributed by atoms with Crippen molar-refractivity contribution >= 4 is 17.2 Å². The standard InChI is InChI=1S/C10H13F3N2OS/c1-15(5-7-3-2-4-16-7)6-8(9(14)17)10(11,12)13/h2-4,8H,5-6H2,1H3,(H2,14,17). The molecule has 0 amide bonds. The molecule has 2 N–H and O–H groups in total. The van der Waals surface area contributed by atoms with Crippen LogP contribution >= 0.6 is 12.2 Å². The monoisotopic (exact) mass is 266 g/mol. The lowest BCUT2D eigenvalue weighted by atomic mass is 10.1. The lowest BCUT2D eigenvalue weighted by Crippen LogP contribution is -2.42. The van der Waals surface area contributed by atoms with Gasteiger partial charge in [0, 0.05) is 6.54 Å². The highest BCUT2D eigenvalue weighted by Gasteiger charge is 2.42. The first-order valence-corrected chi connectivity index (χ1v) is 5.28. The summed E-state index contributed by atoms with van der Waals surface area (Å²) >= 11 is 4.44. The van der Waals surface area contributed by atoms with Crippen molar-refractivity contribution in [3.63, 3.8) is 0 Å². The van der Waals surface area contributed by atoms with Gasteiger partial charge in [0.05, 0.1) is 17.8 Å². The maximum absolute atomic E-state index is 12.6. The molecule has 0 aliphatic rings. The number of nitrogens with two attached hydrogens (primary N) is 1. The number of halogens is 3. The van der Waals surface area contributed by atoms with Crippen molar-refractivity contribution in [2.45, 2.75) is 12.7 Å². The summed E-state index contributed by atoms with van der Waals surface area (Å²) in [6.45, 7) is 0.00171. The van der Waals surface area contributed by atoms with Gasteiger partial charge in [-0.2, -0.15) is 13.2 Å². The number of hydrogen-bond donors (Lipinski definition) is 1. The van der Waals surface area contributed by atoms with E-state index in [0.717, 1.165) is 0 Å². The molecule has 0 radical (unpaired) electrons. The molecular formula is C10H13F3N2OS. The van der Waals surface area contributed by atoms with Crippen LogP contribution in [0.2, 0.25) is 0 Å². The van der Waals surface area contributed by atoms with Crippen LogP contribution in [0.3, 0.4) is 0 Å². The molecule has 0 bridgehead atoms. The van der Waals surface area contributed by atoms with Gasteiger partial charge in [-0.05, 0) is 19.2 Å². The molecule has 1 aromatic rings. The van der Waals surface area contributed by atoms with E-state index in [0.29, 0.717) is 5.76 Å². The van der Waals surface area contributed by atoms with Crippen molar-refractivity contribution in [3.8, 4) is 0 Å². The zero-order chi connectivity index (χ0) is 13.1. The minimum Gasteiger partial charge on any atom is -0.468 e. The van der Waals surface area contributed by atoms with E-state index in [9.17, 15) is 13.2 Å². The molecule has 0 saturated heterocycles. The van der Waals surface area contributed by atoms with E-state index in [2.05, 4.69) is 12.2 Å². The second-order valence-electron chi connectivity index (χ2n) is 3.77. The smallest absolute Gasteiger partial charge is 0.399 e. The predicted octanol–water partition coefficient (Wildman–Crippen LogP) is 2.18. The van der Waals surface area contributed by atoms with Crippen LogP contribution in [0.5, 0.6) is 0 Å². The summed E-state index contributed by atoms with van der Waals surface area (Å²) < 4.78 is 42.8. The third kappa shape index (κ3) is 4.35. The summed E-state index contributed by atoms with van der Waals surface area (Å²) in [6.07, 6.45) is -2.94. The molecular weight excluding hydrogens is 253 g/mol. The Balaban J connectivity index is 2.59. The minimum absolute atomic E-state index is 0.278. The van der Waals surface area contributed by atoms with E-state index in [1.54, 1.807) is 19.2 Å². The van der Waals surface area contributed by atoms with Crippen molar-refractivity contribution in [1.29, 1.82) is 0 Å². The van der Waals surface area contributed by atoms with Gasteiger partial charge in [-0.1, -0.05) is 12.2 Å². The van der Waals surface area contributed by atoms with Gasteiger partial charge in [0.1, 0.15) is 11.7 Å². The van der Waals surface area contributed by atoms with Crippen LogP contribution in [0.25, 0.3) is 0 Å². The Morgan fingerprint density at radius 3 is 2.65 bits per heavy atom. The van der Waals surface area contributed by atoms with E-state index in [1.807, 2.05) is 0 Å². The summed E-state index contributed by atoms with van der Waals surface area (Å²) in [7, 11) is 1.56. The van der Waals surface area contributed by atoms with E-state index < -0.39 is 17.1 Å². The molecule has 0 aliphatic heterocycles. The number of hydrogen-bond acceptors (Lipinski definition) is 3. The molecule has 0 saturated carbocycles. The average molecular weight is 266 g/mol. The van der Waals surface area contributed by atoms with Gasteiger partial charge < -0.3 is 10.2 Å². The van der Waals surface area contributed by atoms with Gasteiger partial charge in [0.25, 0.3) is 0 Å². The second-order valence-corrected chi connectivity index (χ2v) is 4.24. The van der Waals surface area contributed by atoms with Gasteiger partial charge >= 0.3 is 6.18 Å². The normalized spacial score (nSPS) is 13.9. The Kier molecular flexibility index (Phi) is 4.53. The van der Waals surface area contributed by atoms with Gasteiger partial charge in [-0.25, -0.2) is 0 Å². The summed E-state index contributed by atoms with van der Waals surface area (Å²) in [5.74, 6) is -1.20. The summed E-state index contributed by atoms with van der Waals surface area (Å²) in [4.78, 5) is 0.930. The van der Waals surface area contributed by atoms with Gasteiger partial charge in [-0.3, -0.25) is 4.90 Å². The first-order chi connectivity index (χ1) is 7.80. The molecule has 1 aromatic heterocycles. The van der Waals surface area contributed by atoms with Gasteiger partial charge in [0.15, 0.2) is 0 Å². The number of nitrogens with zero attached hydrogens (tertiary/aromatic N) is 1. The van der Waals surface area contributed by atoms with Crippen molar-refractivity contribution in [3.05, 3.63) is 24.2 Å². The predicted molar refractivity (Wildman–Crippen MR) is 61.4 cm³/mol. The van der Waals surface area contributed by atoms with Crippen molar-refractivity contribution in [2.75, 3.05) is 13.6 Å². The van der Waals surface area contributed by atoms with Crippen LogP contribution in [0.4, 0.5) is 13.2 Å². The van der Waals surface area contributed by atoms with E-state index in [4.69, 9.17) is 10.2 Å². The Bertz CT molecular complexity index is 364. The Labute approximate surface area is 102 Å². The molecule has 7 heteroatoms. The summed E-state index contributed by atoms with van der Waals surface area (Å²) in [5.41, 5.74) is 5.11. The van der Waals surface area contributed by atoms with E-state index in [-0.39, 0.29) is 13.1 Å². The van der Waals surface area contributed by atoms with Crippen LogP contribution in [-0.2, 0) is 6.54 Å². The largest absolute Gasteiger partial charge is 0.468 e. The molecule has 3 nitrogen and oxygen atoms in total. The van der Waals surface area contributed by atoms with Crippen LogP contribution < -0.4 is 5.73 Å². The topological polar surface area (TPSA) is 42.4 Å². The quantitative estimate of drug-likeness (QED) is 0.829. The maximum Gasteiger partial charge on any atom is 0.399 e. The van der Waals surface area contributed by atoms with Gasteiger partial charge in [0.2, 0.25) is 0 Å². The fourth-order valence-corrected chi connectivity index (χ4v) is 1.61. The Morgan fingerprint density at radius 2 is 2.24 bits per heavy atom. The number of furan rings is 1. The minimum atomic E-state index is -4.41. The molecule has 96 valence electrons. The number of alkyl halides is 3. The highest BCUT2D eigenvalue weighted by molar-refractivity contribution is 7.80. The first-order valence-electron chi connectivity index (χ1n) is 4.87. The molecule has 0 fully saturated rings. The third-order valence-corrected chi connectivity index (χ3v) is 2.52. The van der Waals surface area contributed by atoms with Crippen LogP contribution in [0, 0.1) is 5.92 Å². The molecule has 0 spiro atoms. The van der Waals surface area contributed by atoms with Crippen molar-refractivity contribution in [2.24, 2.45) is 11.7 Å². The van der Waals surface area contributed by atoms with Gasteiger partial charge in [-0.15, -0.1) is 0 Å². The summed E-state index contributed by atoms with van der Waals surface area (Å²) in [6, 6.07) is 3.37. The van der Waals surface area contributed by atoms with E-state index in [1.165, 1.54) is 11.2 Å². The van der Waals surface area contributed by atoms with Crippen LogP contribution in [0.15, 0.2) is 22.8 Å². The lowest BCUT2D eigenvalue weighted by molar-refractivity contribution is -0.158. The zero-order valence-corrected chi connectivity index (χ0v) is 10.0. The fraction of sp³-hybridized carbons (Fsp3) is 0.500. The molecule has 0 aliphatic carbocycles. The third-order valence-electron chi connectivity index (χ3n) is 2.24. The molecule has 1 atom stereocenters. The Morgan fingerprint density at radius 1 is 1.59 bits per heavy atom. The Hall–Kier alpha value is -1.08. The van der Waals surface area contributed by atoms with Crippen LogP contribution in [-0.4, -0.2) is 29.7 Å². The van der Waals surface area contributed by atoms with Crippen molar-refractivity contribution < 1.29 is 17.6 Å². The van der Waals surface area contributed by atoms with Crippen molar-refractivity contribution in [1.82, 2.24) is 4.90 Å². The molecule has 1 rings (SSSR count). The van der Waals surface area contributed by atoms with E-state index >= 15 is 0 Å². The fourth-order valence-electron chi connectivity index (χ4n) is 1.40. The SMILES string of the molecule is CN(Cc1ccco1)CC(C(N)=S)C(F)(F)F. The first kappa shape index (κ1) is 14.0. The zero-order valence-electron chi connectivity index (χ0n) is 9.20. The molecule has 1 heterocycles. The summed E-state index contributed by atoms with van der Waals surface area (Å²) in [5, 5.41) is 0. The molecule has 1 unspecified atom stereocenters.